The van der Waals surface area contributed by atoms with Crippen molar-refractivity contribution in [2.24, 2.45) is 0 Å². The second-order valence-corrected chi connectivity index (χ2v) is 4.60. The second-order valence-electron chi connectivity index (χ2n) is 4.60. The highest BCUT2D eigenvalue weighted by Crippen LogP contribution is 2.34. The summed E-state index contributed by atoms with van der Waals surface area (Å²) < 4.78 is 10.4. The van der Waals surface area contributed by atoms with Crippen LogP contribution in [0.2, 0.25) is 0 Å². The average molecular weight is 279 g/mol. The number of urea groups is 1. The van der Waals surface area contributed by atoms with Gasteiger partial charge in [0.25, 0.3) is 0 Å². The Hall–Kier alpha value is -2.44. The number of fused-ring (bicyclic) bond motifs is 1. The van der Waals surface area contributed by atoms with Gasteiger partial charge in [-0.2, -0.15) is 0 Å². The fraction of sp³-hybridized carbons (Fsp3) is 0.385. The standard InChI is InChI=1S/C13H17N3O4/c1-8(2)15-13(18)14-6-12(17)16-9-3-4-10-11(5-9)20-7-19-10/h3-5,8H,6-7H2,1-2H3,(H,16,17)(H2,14,15,18). The van der Waals surface area contributed by atoms with Crippen LogP contribution < -0.4 is 25.4 Å². The van der Waals surface area contributed by atoms with Crippen LogP contribution in [0.4, 0.5) is 10.5 Å². The molecule has 2 rings (SSSR count). The Bertz CT molecular complexity index is 516. The first-order chi connectivity index (χ1) is 9.54. The number of nitrogens with one attached hydrogen (secondary N) is 3. The Morgan fingerprint density at radius 1 is 1.25 bits per heavy atom. The lowest BCUT2D eigenvalue weighted by atomic mass is 10.3. The van der Waals surface area contributed by atoms with Crippen LogP contribution in [0.3, 0.4) is 0 Å². The predicted molar refractivity (Wildman–Crippen MR) is 72.9 cm³/mol. The lowest BCUT2D eigenvalue weighted by Crippen LogP contribution is -2.42. The smallest absolute Gasteiger partial charge is 0.315 e. The molecule has 20 heavy (non-hydrogen) atoms. The van der Waals surface area contributed by atoms with Crippen molar-refractivity contribution >= 4 is 17.6 Å². The first-order valence-electron chi connectivity index (χ1n) is 6.28. The minimum atomic E-state index is -0.374. The molecule has 0 spiro atoms. The Morgan fingerprint density at radius 3 is 2.75 bits per heavy atom. The fourth-order valence-electron chi connectivity index (χ4n) is 1.65. The van der Waals surface area contributed by atoms with E-state index in [1.54, 1.807) is 18.2 Å². The highest BCUT2D eigenvalue weighted by Gasteiger charge is 2.14. The van der Waals surface area contributed by atoms with Crippen molar-refractivity contribution in [3.63, 3.8) is 0 Å². The Kier molecular flexibility index (Phi) is 4.29. The zero-order valence-electron chi connectivity index (χ0n) is 11.4. The third kappa shape index (κ3) is 3.78. The molecule has 1 aromatic carbocycles. The van der Waals surface area contributed by atoms with E-state index in [1.807, 2.05) is 13.8 Å². The molecule has 7 nitrogen and oxygen atoms in total. The molecule has 0 bridgehead atoms. The van der Waals surface area contributed by atoms with Crippen LogP contribution in [0.1, 0.15) is 13.8 Å². The van der Waals surface area contributed by atoms with Crippen LogP contribution in [0.15, 0.2) is 18.2 Å². The Labute approximate surface area is 116 Å². The molecule has 0 fully saturated rings. The van der Waals surface area contributed by atoms with Gasteiger partial charge >= 0.3 is 6.03 Å². The molecule has 1 aromatic rings. The van der Waals surface area contributed by atoms with E-state index in [0.717, 1.165) is 0 Å². The maximum Gasteiger partial charge on any atom is 0.315 e. The number of rotatable bonds is 4. The van der Waals surface area contributed by atoms with E-state index in [9.17, 15) is 9.59 Å². The number of anilines is 1. The Balaban J connectivity index is 1.81. The minimum Gasteiger partial charge on any atom is -0.454 e. The lowest BCUT2D eigenvalue weighted by Gasteiger charge is -2.10. The van der Waals surface area contributed by atoms with Gasteiger partial charge in [-0.1, -0.05) is 0 Å². The van der Waals surface area contributed by atoms with Crippen molar-refractivity contribution in [1.29, 1.82) is 0 Å². The summed E-state index contributed by atoms with van der Waals surface area (Å²) in [6.45, 7) is 3.76. The number of benzene rings is 1. The van der Waals surface area contributed by atoms with Gasteiger partial charge in [-0.05, 0) is 26.0 Å². The molecule has 3 N–H and O–H groups in total. The molecule has 0 saturated heterocycles. The SMILES string of the molecule is CC(C)NC(=O)NCC(=O)Nc1ccc2c(c1)OCO2. The summed E-state index contributed by atoms with van der Waals surface area (Å²) in [4.78, 5) is 23.0. The summed E-state index contributed by atoms with van der Waals surface area (Å²) >= 11 is 0. The van der Waals surface area contributed by atoms with Crippen LogP contribution in [0, 0.1) is 0 Å². The van der Waals surface area contributed by atoms with Crippen LogP contribution in [-0.2, 0) is 4.79 Å². The van der Waals surface area contributed by atoms with Gasteiger partial charge in [-0.3, -0.25) is 4.79 Å². The van der Waals surface area contributed by atoms with E-state index < -0.39 is 0 Å². The zero-order valence-corrected chi connectivity index (χ0v) is 11.4. The van der Waals surface area contributed by atoms with Gasteiger partial charge in [0, 0.05) is 17.8 Å². The molecule has 7 heteroatoms. The summed E-state index contributed by atoms with van der Waals surface area (Å²) in [6.07, 6.45) is 0. The van der Waals surface area contributed by atoms with Gasteiger partial charge in [0.2, 0.25) is 12.7 Å². The summed E-state index contributed by atoms with van der Waals surface area (Å²) in [7, 11) is 0. The van der Waals surface area contributed by atoms with E-state index in [1.165, 1.54) is 0 Å². The summed E-state index contributed by atoms with van der Waals surface area (Å²) in [5.41, 5.74) is 0.588. The molecule has 1 aliphatic rings. The van der Waals surface area contributed by atoms with Gasteiger partial charge in [0.15, 0.2) is 11.5 Å². The maximum absolute atomic E-state index is 11.7. The van der Waals surface area contributed by atoms with Crippen LogP contribution in [0.25, 0.3) is 0 Å². The van der Waals surface area contributed by atoms with Crippen molar-refractivity contribution in [2.45, 2.75) is 19.9 Å². The van der Waals surface area contributed by atoms with Crippen molar-refractivity contribution < 1.29 is 19.1 Å². The summed E-state index contributed by atoms with van der Waals surface area (Å²) in [6, 6.07) is 4.75. The minimum absolute atomic E-state index is 0.0203. The van der Waals surface area contributed by atoms with Gasteiger partial charge in [0.1, 0.15) is 0 Å². The highest BCUT2D eigenvalue weighted by atomic mass is 16.7. The largest absolute Gasteiger partial charge is 0.454 e. The molecule has 3 amide bonds. The van der Waals surface area contributed by atoms with E-state index in [4.69, 9.17) is 9.47 Å². The van der Waals surface area contributed by atoms with E-state index in [2.05, 4.69) is 16.0 Å². The quantitative estimate of drug-likeness (QED) is 0.769. The topological polar surface area (TPSA) is 88.7 Å². The molecule has 0 unspecified atom stereocenters. The summed E-state index contributed by atoms with van der Waals surface area (Å²) in [5.74, 6) is 0.925. The van der Waals surface area contributed by atoms with Crippen molar-refractivity contribution in [1.82, 2.24) is 10.6 Å². The second kappa shape index (κ2) is 6.14. The Morgan fingerprint density at radius 2 is 2.00 bits per heavy atom. The van der Waals surface area contributed by atoms with Gasteiger partial charge in [0.05, 0.1) is 6.54 Å². The number of hydrogen-bond acceptors (Lipinski definition) is 4. The highest BCUT2D eigenvalue weighted by molar-refractivity contribution is 5.94. The van der Waals surface area contributed by atoms with E-state index in [-0.39, 0.29) is 31.3 Å². The van der Waals surface area contributed by atoms with Gasteiger partial charge < -0.3 is 25.4 Å². The van der Waals surface area contributed by atoms with Crippen molar-refractivity contribution in [3.05, 3.63) is 18.2 Å². The monoisotopic (exact) mass is 279 g/mol. The number of amides is 3. The first kappa shape index (κ1) is 14.0. The molecule has 0 aromatic heterocycles. The van der Waals surface area contributed by atoms with Crippen molar-refractivity contribution in [2.75, 3.05) is 18.7 Å². The molecular formula is C13H17N3O4. The summed E-state index contributed by atoms with van der Waals surface area (Å²) in [5, 5.41) is 7.76. The zero-order chi connectivity index (χ0) is 14.5. The lowest BCUT2D eigenvalue weighted by molar-refractivity contribution is -0.115. The maximum atomic E-state index is 11.7. The van der Waals surface area contributed by atoms with Gasteiger partial charge in [-0.15, -0.1) is 0 Å². The molecule has 0 atom stereocenters. The number of carbonyl (C=O) groups excluding carboxylic acids is 2. The number of carbonyl (C=O) groups is 2. The first-order valence-corrected chi connectivity index (χ1v) is 6.28. The third-order valence-corrected chi connectivity index (χ3v) is 2.49. The molecule has 108 valence electrons. The van der Waals surface area contributed by atoms with Crippen LogP contribution in [0.5, 0.6) is 11.5 Å². The molecule has 1 aliphatic heterocycles. The predicted octanol–water partition coefficient (Wildman–Crippen LogP) is 1.06. The van der Waals surface area contributed by atoms with Crippen LogP contribution in [-0.4, -0.2) is 31.3 Å². The molecular weight excluding hydrogens is 262 g/mol. The number of ether oxygens (including phenoxy) is 2. The third-order valence-electron chi connectivity index (χ3n) is 2.49. The van der Waals surface area contributed by atoms with Crippen LogP contribution >= 0.6 is 0 Å². The van der Waals surface area contributed by atoms with Gasteiger partial charge in [-0.25, -0.2) is 4.79 Å². The molecule has 1 heterocycles. The molecule has 0 saturated carbocycles. The fourth-order valence-corrected chi connectivity index (χ4v) is 1.65. The van der Waals surface area contributed by atoms with Crippen molar-refractivity contribution in [3.8, 4) is 11.5 Å². The molecule has 0 radical (unpaired) electrons. The molecule has 0 aliphatic carbocycles. The number of hydrogen-bond donors (Lipinski definition) is 3. The average Bonchev–Trinajstić information content (AvgIpc) is 2.83. The van der Waals surface area contributed by atoms with E-state index in [0.29, 0.717) is 17.2 Å². The van der Waals surface area contributed by atoms with E-state index >= 15 is 0 Å². The normalized spacial score (nSPS) is 12.2.